The van der Waals surface area contributed by atoms with Gasteiger partial charge in [-0.25, -0.2) is 8.42 Å². The second-order valence-electron chi connectivity index (χ2n) is 4.58. The van der Waals surface area contributed by atoms with Gasteiger partial charge in [0, 0.05) is 10.5 Å². The largest absolute Gasteiger partial charge is 0.352 e. The number of halogens is 1. The van der Waals surface area contributed by atoms with E-state index < -0.39 is 16.1 Å². The third kappa shape index (κ3) is 4.02. The average molecular weight is 347 g/mol. The molecule has 1 aromatic rings. The summed E-state index contributed by atoms with van der Waals surface area (Å²) < 4.78 is 27.2. The second-order valence-corrected chi connectivity index (χ2v) is 7.21. The zero-order valence-electron chi connectivity index (χ0n) is 10.4. The molecule has 2 N–H and O–H groups in total. The molecule has 1 aromatic carbocycles. The first kappa shape index (κ1) is 14.5. The molecule has 1 fully saturated rings. The Morgan fingerprint density at radius 3 is 2.68 bits per heavy atom. The number of hydrogen-bond acceptors (Lipinski definition) is 3. The Morgan fingerprint density at radius 2 is 2.11 bits per heavy atom. The number of carbonyl (C=O) groups is 1. The van der Waals surface area contributed by atoms with Gasteiger partial charge in [0.25, 0.3) is 0 Å². The van der Waals surface area contributed by atoms with Crippen LogP contribution in [0.2, 0.25) is 0 Å². The highest BCUT2D eigenvalue weighted by molar-refractivity contribution is 9.10. The number of amides is 1. The predicted molar refractivity (Wildman–Crippen MR) is 75.1 cm³/mol. The van der Waals surface area contributed by atoms with E-state index in [4.69, 9.17) is 0 Å². The fourth-order valence-electron chi connectivity index (χ4n) is 1.54. The van der Waals surface area contributed by atoms with Crippen LogP contribution in [-0.2, 0) is 14.8 Å². The Hall–Kier alpha value is -0.920. The average Bonchev–Trinajstić information content (AvgIpc) is 3.12. The molecule has 0 radical (unpaired) electrons. The third-order valence-electron chi connectivity index (χ3n) is 2.76. The van der Waals surface area contributed by atoms with Crippen LogP contribution in [-0.4, -0.2) is 26.4 Å². The van der Waals surface area contributed by atoms with Crippen LogP contribution in [0, 0.1) is 0 Å². The van der Waals surface area contributed by atoms with Crippen LogP contribution in [0.3, 0.4) is 0 Å². The highest BCUT2D eigenvalue weighted by Crippen LogP contribution is 2.19. The van der Waals surface area contributed by atoms with Crippen molar-refractivity contribution in [1.29, 1.82) is 0 Å². The molecular formula is C12H15BrN2O3S. The third-order valence-corrected chi connectivity index (χ3v) is 4.79. The van der Waals surface area contributed by atoms with E-state index in [1.54, 1.807) is 12.1 Å². The van der Waals surface area contributed by atoms with E-state index in [-0.39, 0.29) is 16.8 Å². The zero-order chi connectivity index (χ0) is 14.0. The first-order chi connectivity index (χ1) is 8.88. The van der Waals surface area contributed by atoms with Gasteiger partial charge in [0.15, 0.2) is 0 Å². The lowest BCUT2D eigenvalue weighted by Gasteiger charge is -2.14. The molecule has 0 heterocycles. The van der Waals surface area contributed by atoms with Gasteiger partial charge in [-0.05, 0) is 38.0 Å². The first-order valence-electron chi connectivity index (χ1n) is 5.97. The summed E-state index contributed by atoms with van der Waals surface area (Å²) in [6.07, 6.45) is 1.94. The smallest absolute Gasteiger partial charge is 0.241 e. The first-order valence-corrected chi connectivity index (χ1v) is 8.24. The van der Waals surface area contributed by atoms with Gasteiger partial charge in [0.05, 0.1) is 10.9 Å². The van der Waals surface area contributed by atoms with Crippen LogP contribution in [0.5, 0.6) is 0 Å². The molecule has 0 aromatic heterocycles. The highest BCUT2D eigenvalue weighted by Gasteiger charge is 2.28. The van der Waals surface area contributed by atoms with Crippen LogP contribution in [0.4, 0.5) is 0 Å². The maximum Gasteiger partial charge on any atom is 0.241 e. The monoisotopic (exact) mass is 346 g/mol. The maximum atomic E-state index is 12.1. The van der Waals surface area contributed by atoms with Crippen molar-refractivity contribution in [2.45, 2.75) is 36.7 Å². The molecule has 5 nitrogen and oxygen atoms in total. The van der Waals surface area contributed by atoms with Gasteiger partial charge >= 0.3 is 0 Å². The Kier molecular flexibility index (Phi) is 4.27. The molecule has 2 rings (SSSR count). The number of carbonyl (C=O) groups excluding carboxylic acids is 1. The van der Waals surface area contributed by atoms with E-state index in [0.29, 0.717) is 4.47 Å². The summed E-state index contributed by atoms with van der Waals surface area (Å²) in [5.41, 5.74) is 0. The molecule has 0 saturated heterocycles. The molecule has 0 aliphatic heterocycles. The number of hydrogen-bond donors (Lipinski definition) is 2. The normalized spacial score (nSPS) is 16.9. The van der Waals surface area contributed by atoms with E-state index in [9.17, 15) is 13.2 Å². The van der Waals surface area contributed by atoms with Gasteiger partial charge < -0.3 is 5.32 Å². The molecule has 1 unspecified atom stereocenters. The summed E-state index contributed by atoms with van der Waals surface area (Å²) in [4.78, 5) is 11.9. The molecule has 104 valence electrons. The molecule has 1 aliphatic carbocycles. The molecule has 1 amide bonds. The minimum Gasteiger partial charge on any atom is -0.352 e. The molecule has 1 aliphatic rings. The molecule has 1 atom stereocenters. The van der Waals surface area contributed by atoms with Crippen molar-refractivity contribution in [3.05, 3.63) is 28.7 Å². The summed E-state index contributed by atoms with van der Waals surface area (Å²) in [5, 5.41) is 2.76. The van der Waals surface area contributed by atoms with Crippen LogP contribution in [0.15, 0.2) is 33.6 Å². The molecule has 0 spiro atoms. The lowest BCUT2D eigenvalue weighted by atomic mass is 10.3. The SMILES string of the molecule is CC(NS(=O)(=O)c1cccc(Br)c1)C(=O)NC1CC1. The maximum absolute atomic E-state index is 12.1. The van der Waals surface area contributed by atoms with E-state index >= 15 is 0 Å². The van der Waals surface area contributed by atoms with Gasteiger partial charge in [0.1, 0.15) is 0 Å². The standard InChI is InChI=1S/C12H15BrN2O3S/c1-8(12(16)14-10-5-6-10)15-19(17,18)11-4-2-3-9(13)7-11/h2-4,7-8,10,15H,5-6H2,1H3,(H,14,16). The van der Waals surface area contributed by atoms with Crippen molar-refractivity contribution in [2.75, 3.05) is 0 Å². The lowest BCUT2D eigenvalue weighted by Crippen LogP contribution is -2.45. The topological polar surface area (TPSA) is 75.3 Å². The van der Waals surface area contributed by atoms with E-state index in [1.807, 2.05) is 0 Å². The number of nitrogens with one attached hydrogen (secondary N) is 2. The molecule has 19 heavy (non-hydrogen) atoms. The Morgan fingerprint density at radius 1 is 1.42 bits per heavy atom. The lowest BCUT2D eigenvalue weighted by molar-refractivity contribution is -0.122. The molecule has 0 bridgehead atoms. The fourth-order valence-corrected chi connectivity index (χ4v) is 3.34. The van der Waals surface area contributed by atoms with Crippen molar-refractivity contribution in [3.8, 4) is 0 Å². The van der Waals surface area contributed by atoms with Gasteiger partial charge in [-0.2, -0.15) is 4.72 Å². The van der Waals surface area contributed by atoms with Gasteiger partial charge in [-0.1, -0.05) is 22.0 Å². The number of benzene rings is 1. The van der Waals surface area contributed by atoms with Crippen molar-refractivity contribution in [1.82, 2.24) is 10.0 Å². The highest BCUT2D eigenvalue weighted by atomic mass is 79.9. The van der Waals surface area contributed by atoms with Gasteiger partial charge in [-0.3, -0.25) is 4.79 Å². The van der Waals surface area contributed by atoms with Crippen LogP contribution < -0.4 is 10.0 Å². The van der Waals surface area contributed by atoms with Gasteiger partial charge in [0.2, 0.25) is 15.9 Å². The van der Waals surface area contributed by atoms with Crippen molar-refractivity contribution >= 4 is 31.9 Å². The minimum atomic E-state index is -3.68. The van der Waals surface area contributed by atoms with Crippen molar-refractivity contribution in [3.63, 3.8) is 0 Å². The molecule has 7 heteroatoms. The van der Waals surface area contributed by atoms with Crippen molar-refractivity contribution in [2.24, 2.45) is 0 Å². The van der Waals surface area contributed by atoms with Crippen LogP contribution in [0.1, 0.15) is 19.8 Å². The van der Waals surface area contributed by atoms with Crippen LogP contribution >= 0.6 is 15.9 Å². The molecule has 1 saturated carbocycles. The Labute approximate surface area is 121 Å². The second kappa shape index (κ2) is 5.60. The summed E-state index contributed by atoms with van der Waals surface area (Å²) in [5.74, 6) is -0.291. The Balaban J connectivity index is 2.05. The zero-order valence-corrected chi connectivity index (χ0v) is 12.8. The minimum absolute atomic E-state index is 0.132. The van der Waals surface area contributed by atoms with Crippen molar-refractivity contribution < 1.29 is 13.2 Å². The summed E-state index contributed by atoms with van der Waals surface area (Å²) in [6.45, 7) is 1.53. The van der Waals surface area contributed by atoms with E-state index in [1.165, 1.54) is 19.1 Å². The quantitative estimate of drug-likeness (QED) is 0.845. The Bertz CT molecular complexity index is 584. The fraction of sp³-hybridized carbons (Fsp3) is 0.417. The van der Waals surface area contributed by atoms with Gasteiger partial charge in [-0.15, -0.1) is 0 Å². The summed E-state index contributed by atoms with van der Waals surface area (Å²) in [7, 11) is -3.68. The van der Waals surface area contributed by atoms with E-state index in [0.717, 1.165) is 12.8 Å². The van der Waals surface area contributed by atoms with E-state index in [2.05, 4.69) is 26.0 Å². The number of sulfonamides is 1. The molecular weight excluding hydrogens is 332 g/mol. The summed E-state index contributed by atoms with van der Waals surface area (Å²) in [6, 6.07) is 5.78. The summed E-state index contributed by atoms with van der Waals surface area (Å²) >= 11 is 3.22. The predicted octanol–water partition coefficient (Wildman–Crippen LogP) is 1.39. The number of rotatable bonds is 5. The van der Waals surface area contributed by atoms with Crippen LogP contribution in [0.25, 0.3) is 0 Å².